The molecule has 142 valence electrons. The molecule has 2 aromatic heterocycles. The van der Waals surface area contributed by atoms with Crippen LogP contribution in [0, 0.1) is 27.7 Å². The number of fused-ring (bicyclic) bond motifs is 3. The van der Waals surface area contributed by atoms with Crippen molar-refractivity contribution < 1.29 is 4.79 Å². The Labute approximate surface area is 168 Å². The molecule has 28 heavy (non-hydrogen) atoms. The molecular weight excluding hydrogens is 368 g/mol. The number of aryl methyl sites for hydroxylation is 4. The number of hydrogen-bond acceptors (Lipinski definition) is 4. The van der Waals surface area contributed by atoms with Gasteiger partial charge in [0, 0.05) is 5.69 Å². The molecule has 0 bridgehead atoms. The first-order valence-electron chi connectivity index (χ1n) is 9.17. The third-order valence-corrected chi connectivity index (χ3v) is 5.62. The third kappa shape index (κ3) is 3.47. The Kier molecular flexibility index (Phi) is 4.81. The Morgan fingerprint density at radius 1 is 1.00 bits per heavy atom. The number of thioether (sulfide) groups is 1. The quantitative estimate of drug-likeness (QED) is 0.506. The van der Waals surface area contributed by atoms with Crippen molar-refractivity contribution in [2.45, 2.75) is 32.9 Å². The van der Waals surface area contributed by atoms with E-state index in [-0.39, 0.29) is 11.7 Å². The van der Waals surface area contributed by atoms with Gasteiger partial charge in [-0.3, -0.25) is 9.20 Å². The fourth-order valence-electron chi connectivity index (χ4n) is 3.58. The second-order valence-corrected chi connectivity index (χ2v) is 8.14. The van der Waals surface area contributed by atoms with Crippen LogP contribution in [0.5, 0.6) is 0 Å². The first-order chi connectivity index (χ1) is 13.4. The zero-order valence-electron chi connectivity index (χ0n) is 16.4. The minimum Gasteiger partial charge on any atom is -0.325 e. The van der Waals surface area contributed by atoms with Gasteiger partial charge in [-0.25, -0.2) is 0 Å². The Morgan fingerprint density at radius 2 is 1.82 bits per heavy atom. The van der Waals surface area contributed by atoms with Crippen molar-refractivity contribution >= 4 is 39.9 Å². The molecule has 0 aliphatic rings. The van der Waals surface area contributed by atoms with Crippen molar-refractivity contribution in [3.63, 3.8) is 0 Å². The van der Waals surface area contributed by atoms with Gasteiger partial charge in [-0.2, -0.15) is 0 Å². The highest BCUT2D eigenvalue weighted by atomic mass is 32.2. The number of hydrogen-bond donors (Lipinski definition) is 1. The number of pyridine rings is 1. The topological polar surface area (TPSA) is 59.3 Å². The third-order valence-electron chi connectivity index (χ3n) is 4.69. The van der Waals surface area contributed by atoms with Gasteiger partial charge in [-0.05, 0) is 74.0 Å². The largest absolute Gasteiger partial charge is 0.325 e. The van der Waals surface area contributed by atoms with Gasteiger partial charge in [0.2, 0.25) is 5.91 Å². The average molecular weight is 391 g/mol. The zero-order valence-corrected chi connectivity index (χ0v) is 17.2. The summed E-state index contributed by atoms with van der Waals surface area (Å²) in [6.45, 7) is 8.25. The van der Waals surface area contributed by atoms with Gasteiger partial charge in [-0.1, -0.05) is 35.5 Å². The molecule has 0 spiro atoms. The second-order valence-electron chi connectivity index (χ2n) is 7.19. The SMILES string of the molecule is Cc1cccc(NC(=O)CSc2nnc3c(C)cc4cc(C)cc(C)c4n23)c1. The van der Waals surface area contributed by atoms with Crippen LogP contribution in [0.1, 0.15) is 22.3 Å². The minimum absolute atomic E-state index is 0.0584. The summed E-state index contributed by atoms with van der Waals surface area (Å²) in [6, 6.07) is 14.3. The van der Waals surface area contributed by atoms with Crippen LogP contribution in [-0.2, 0) is 4.79 Å². The molecule has 0 aliphatic heterocycles. The van der Waals surface area contributed by atoms with Crippen LogP contribution in [0.25, 0.3) is 16.6 Å². The summed E-state index contributed by atoms with van der Waals surface area (Å²) in [5, 5.41) is 13.6. The van der Waals surface area contributed by atoms with Crippen molar-refractivity contribution in [2.75, 3.05) is 11.1 Å². The lowest BCUT2D eigenvalue weighted by atomic mass is 10.1. The van der Waals surface area contributed by atoms with Gasteiger partial charge in [0.15, 0.2) is 10.8 Å². The predicted octanol–water partition coefficient (Wildman–Crippen LogP) is 4.85. The molecule has 0 aliphatic carbocycles. The Morgan fingerprint density at radius 3 is 2.61 bits per heavy atom. The number of nitrogens with zero attached hydrogens (tertiary/aromatic N) is 3. The molecule has 2 aromatic carbocycles. The Hall–Kier alpha value is -2.86. The maximum absolute atomic E-state index is 12.4. The summed E-state index contributed by atoms with van der Waals surface area (Å²) >= 11 is 1.40. The number of benzene rings is 2. The lowest BCUT2D eigenvalue weighted by Crippen LogP contribution is -2.14. The summed E-state index contributed by atoms with van der Waals surface area (Å²) in [5.74, 6) is 0.214. The van der Waals surface area contributed by atoms with E-state index in [1.807, 2.05) is 38.1 Å². The monoisotopic (exact) mass is 390 g/mol. The minimum atomic E-state index is -0.0584. The van der Waals surface area contributed by atoms with E-state index < -0.39 is 0 Å². The molecular formula is C22H22N4OS. The molecule has 2 heterocycles. The lowest BCUT2D eigenvalue weighted by Gasteiger charge is -2.11. The Balaban J connectivity index is 1.65. The van der Waals surface area contributed by atoms with Crippen LogP contribution in [0.15, 0.2) is 47.6 Å². The summed E-state index contributed by atoms with van der Waals surface area (Å²) in [6.07, 6.45) is 0. The van der Waals surface area contributed by atoms with Gasteiger partial charge in [0.25, 0.3) is 0 Å². The molecule has 6 heteroatoms. The molecule has 0 saturated heterocycles. The zero-order chi connectivity index (χ0) is 19.8. The highest BCUT2D eigenvalue weighted by Gasteiger charge is 2.15. The van der Waals surface area contributed by atoms with E-state index >= 15 is 0 Å². The molecule has 4 rings (SSSR count). The van der Waals surface area contributed by atoms with Crippen molar-refractivity contribution in [2.24, 2.45) is 0 Å². The highest BCUT2D eigenvalue weighted by molar-refractivity contribution is 7.99. The number of carbonyl (C=O) groups excluding carboxylic acids is 1. The molecule has 1 amide bonds. The van der Waals surface area contributed by atoms with Crippen LogP contribution in [0.2, 0.25) is 0 Å². The first kappa shape index (κ1) is 18.5. The summed E-state index contributed by atoms with van der Waals surface area (Å²) in [7, 11) is 0. The average Bonchev–Trinajstić information content (AvgIpc) is 3.04. The van der Waals surface area contributed by atoms with E-state index in [0.29, 0.717) is 0 Å². The van der Waals surface area contributed by atoms with E-state index in [9.17, 15) is 4.79 Å². The van der Waals surface area contributed by atoms with Gasteiger partial charge in [0.05, 0.1) is 11.3 Å². The molecule has 0 fully saturated rings. The normalized spacial score (nSPS) is 11.3. The van der Waals surface area contributed by atoms with Gasteiger partial charge in [0.1, 0.15) is 0 Å². The fraction of sp³-hybridized carbons (Fsp3) is 0.227. The standard InChI is InChI=1S/C22H22N4OS/c1-13-6-5-7-18(10-13)23-19(27)12-28-22-25-24-21-16(4)11-17-9-14(2)8-15(3)20(17)26(21)22/h5-11H,12H2,1-4H3,(H,23,27). The van der Waals surface area contributed by atoms with Crippen LogP contribution < -0.4 is 5.32 Å². The van der Waals surface area contributed by atoms with Crippen molar-refractivity contribution in [3.8, 4) is 0 Å². The first-order valence-corrected chi connectivity index (χ1v) is 10.2. The smallest absolute Gasteiger partial charge is 0.234 e. The van der Waals surface area contributed by atoms with E-state index in [0.717, 1.165) is 38.5 Å². The van der Waals surface area contributed by atoms with Crippen LogP contribution >= 0.6 is 11.8 Å². The summed E-state index contributed by atoms with van der Waals surface area (Å²) < 4.78 is 2.07. The predicted molar refractivity (Wildman–Crippen MR) is 115 cm³/mol. The van der Waals surface area contributed by atoms with E-state index in [1.54, 1.807) is 0 Å². The molecule has 0 unspecified atom stereocenters. The van der Waals surface area contributed by atoms with Crippen LogP contribution in [0.4, 0.5) is 5.69 Å². The van der Waals surface area contributed by atoms with Crippen LogP contribution in [-0.4, -0.2) is 26.3 Å². The molecule has 5 nitrogen and oxygen atoms in total. The number of aromatic nitrogens is 3. The highest BCUT2D eigenvalue weighted by Crippen LogP contribution is 2.28. The van der Waals surface area contributed by atoms with Gasteiger partial charge < -0.3 is 5.32 Å². The van der Waals surface area contributed by atoms with Crippen molar-refractivity contribution in [1.29, 1.82) is 0 Å². The fourth-order valence-corrected chi connectivity index (χ4v) is 4.31. The summed E-state index contributed by atoms with van der Waals surface area (Å²) in [5.41, 5.74) is 7.32. The van der Waals surface area contributed by atoms with Crippen LogP contribution in [0.3, 0.4) is 0 Å². The van der Waals surface area contributed by atoms with Crippen molar-refractivity contribution in [3.05, 3.63) is 64.7 Å². The number of carbonyl (C=O) groups is 1. The van der Waals surface area contributed by atoms with Gasteiger partial charge in [-0.15, -0.1) is 10.2 Å². The molecule has 0 atom stereocenters. The molecule has 4 aromatic rings. The molecule has 1 N–H and O–H groups in total. The number of nitrogens with one attached hydrogen (secondary N) is 1. The van der Waals surface area contributed by atoms with E-state index in [2.05, 4.69) is 52.0 Å². The van der Waals surface area contributed by atoms with Crippen molar-refractivity contribution in [1.82, 2.24) is 14.6 Å². The molecule has 0 saturated carbocycles. The van der Waals surface area contributed by atoms with E-state index in [1.165, 1.54) is 22.9 Å². The Bertz CT molecular complexity index is 1210. The second kappa shape index (κ2) is 7.28. The maximum Gasteiger partial charge on any atom is 0.234 e. The summed E-state index contributed by atoms with van der Waals surface area (Å²) in [4.78, 5) is 12.4. The number of rotatable bonds is 4. The number of amides is 1. The van der Waals surface area contributed by atoms with Gasteiger partial charge >= 0.3 is 0 Å². The number of anilines is 1. The maximum atomic E-state index is 12.4. The van der Waals surface area contributed by atoms with E-state index in [4.69, 9.17) is 0 Å². The molecule has 0 radical (unpaired) electrons. The lowest BCUT2D eigenvalue weighted by molar-refractivity contribution is -0.113.